The summed E-state index contributed by atoms with van der Waals surface area (Å²) in [6.45, 7) is 5.38. The summed E-state index contributed by atoms with van der Waals surface area (Å²) in [5.41, 5.74) is 6.99. The number of imide groups is 1. The fraction of sp³-hybridized carbons (Fsp3) is 0.415. The average molecular weight is 631 g/mol. The molecule has 0 unspecified atom stereocenters. The maximum Gasteiger partial charge on any atom is 0.234 e. The van der Waals surface area contributed by atoms with E-state index in [2.05, 4.69) is 54.3 Å². The maximum absolute atomic E-state index is 14.2. The van der Waals surface area contributed by atoms with Crippen molar-refractivity contribution >= 4 is 23.5 Å². The first kappa shape index (κ1) is 31.6. The van der Waals surface area contributed by atoms with E-state index in [9.17, 15) is 14.7 Å². The van der Waals surface area contributed by atoms with Gasteiger partial charge in [0.2, 0.25) is 11.8 Å². The number of amides is 2. The van der Waals surface area contributed by atoms with Gasteiger partial charge in [-0.1, -0.05) is 97.8 Å². The number of fused-ring (bicyclic) bond motifs is 3. The fourth-order valence-corrected chi connectivity index (χ4v) is 8.61. The van der Waals surface area contributed by atoms with Crippen LogP contribution in [0.25, 0.3) is 11.6 Å². The molecule has 0 radical (unpaired) electrons. The highest BCUT2D eigenvalue weighted by molar-refractivity contribution is 6.06. The molecule has 3 fully saturated rings. The third-order valence-electron chi connectivity index (χ3n) is 10.9. The van der Waals surface area contributed by atoms with E-state index in [0.717, 1.165) is 74.9 Å². The minimum absolute atomic E-state index is 0.0169. The van der Waals surface area contributed by atoms with Crippen LogP contribution in [0.5, 0.6) is 5.75 Å². The van der Waals surface area contributed by atoms with Crippen LogP contribution in [-0.2, 0) is 20.9 Å². The number of allylic oxidation sites excluding steroid dienone is 2. The smallest absolute Gasteiger partial charge is 0.234 e. The van der Waals surface area contributed by atoms with Crippen LogP contribution in [0, 0.1) is 17.8 Å². The zero-order valence-corrected chi connectivity index (χ0v) is 27.4. The van der Waals surface area contributed by atoms with Gasteiger partial charge >= 0.3 is 0 Å². The molecule has 1 N–H and O–H groups in total. The molecule has 0 saturated carbocycles. The van der Waals surface area contributed by atoms with E-state index in [1.165, 1.54) is 16.7 Å². The Morgan fingerprint density at radius 2 is 1.60 bits per heavy atom. The summed E-state index contributed by atoms with van der Waals surface area (Å²) in [6.07, 6.45) is 7.86. The van der Waals surface area contributed by atoms with Crippen molar-refractivity contribution in [3.05, 3.63) is 113 Å². The van der Waals surface area contributed by atoms with Crippen LogP contribution in [0.2, 0.25) is 0 Å². The van der Waals surface area contributed by atoms with Gasteiger partial charge in [0.1, 0.15) is 5.75 Å². The zero-order chi connectivity index (χ0) is 32.3. The van der Waals surface area contributed by atoms with Crippen LogP contribution in [0.3, 0.4) is 0 Å². The van der Waals surface area contributed by atoms with Crippen LogP contribution in [0.15, 0.2) is 96.1 Å². The third-order valence-corrected chi connectivity index (χ3v) is 10.9. The highest BCUT2D eigenvalue weighted by Crippen LogP contribution is 2.51. The summed E-state index contributed by atoms with van der Waals surface area (Å²) in [5, 5.41) is 10.5. The molecule has 4 aliphatic rings. The second-order valence-electron chi connectivity index (χ2n) is 13.7. The van der Waals surface area contributed by atoms with Crippen molar-refractivity contribution < 1.29 is 19.4 Å². The number of rotatable bonds is 10. The number of aromatic hydroxyl groups is 1. The Bertz CT molecular complexity index is 1640. The quantitative estimate of drug-likeness (QED) is 0.143. The Kier molecular flexibility index (Phi) is 9.41. The molecule has 0 bridgehead atoms. The largest absolute Gasteiger partial charge is 0.507 e. The number of carbonyl (C=O) groups excluding carboxylic acids is 2. The average Bonchev–Trinajstić information content (AvgIpc) is 3.63. The van der Waals surface area contributed by atoms with E-state index < -0.39 is 0 Å². The lowest BCUT2D eigenvalue weighted by molar-refractivity contribution is -0.144. The molecule has 3 aromatic carbocycles. The van der Waals surface area contributed by atoms with Crippen LogP contribution in [0.1, 0.15) is 68.6 Å². The van der Waals surface area contributed by atoms with Crippen LogP contribution in [0.4, 0.5) is 0 Å². The first-order chi connectivity index (χ1) is 23.0. The zero-order valence-electron chi connectivity index (χ0n) is 27.4. The van der Waals surface area contributed by atoms with Crippen molar-refractivity contribution in [3.63, 3.8) is 0 Å². The van der Waals surface area contributed by atoms with E-state index in [-0.39, 0.29) is 47.5 Å². The first-order valence-corrected chi connectivity index (χ1v) is 17.5. The molecule has 2 amide bonds. The molecule has 6 nitrogen and oxygen atoms in total. The van der Waals surface area contributed by atoms with E-state index in [4.69, 9.17) is 4.74 Å². The Morgan fingerprint density at radius 1 is 0.894 bits per heavy atom. The van der Waals surface area contributed by atoms with Crippen molar-refractivity contribution in [1.29, 1.82) is 0 Å². The lowest BCUT2D eigenvalue weighted by atomic mass is 9.68. The van der Waals surface area contributed by atoms with Crippen molar-refractivity contribution in [1.82, 2.24) is 9.80 Å². The lowest BCUT2D eigenvalue weighted by Crippen LogP contribution is -2.47. The Hall–Kier alpha value is -4.00. The second kappa shape index (κ2) is 14.0. The number of nitrogens with zero attached hydrogens (tertiary/aromatic N) is 2. The summed E-state index contributed by atoms with van der Waals surface area (Å²) in [4.78, 5) is 32.3. The Labute approximate surface area is 278 Å². The molecule has 3 aromatic rings. The summed E-state index contributed by atoms with van der Waals surface area (Å²) >= 11 is 0. The van der Waals surface area contributed by atoms with E-state index in [1.807, 2.05) is 42.5 Å². The highest BCUT2D eigenvalue weighted by Gasteiger charge is 2.58. The predicted molar refractivity (Wildman–Crippen MR) is 185 cm³/mol. The number of phenolic OH excluding ortho intramolecular Hbond substituents is 1. The van der Waals surface area contributed by atoms with Crippen molar-refractivity contribution in [3.8, 4) is 5.75 Å². The molecule has 47 heavy (non-hydrogen) atoms. The van der Waals surface area contributed by atoms with Gasteiger partial charge in [0.05, 0.1) is 24.5 Å². The summed E-state index contributed by atoms with van der Waals surface area (Å²) in [5.74, 6) is -0.246. The van der Waals surface area contributed by atoms with Gasteiger partial charge in [-0.3, -0.25) is 19.4 Å². The van der Waals surface area contributed by atoms with Crippen molar-refractivity contribution in [2.24, 2.45) is 17.8 Å². The minimum atomic E-state index is -0.309. The van der Waals surface area contributed by atoms with Gasteiger partial charge in [-0.25, -0.2) is 0 Å². The molecular weight excluding hydrogens is 584 g/mol. The molecule has 3 saturated heterocycles. The van der Waals surface area contributed by atoms with E-state index in [0.29, 0.717) is 13.0 Å². The molecule has 6 heteroatoms. The number of piperidine rings is 1. The number of benzene rings is 3. The van der Waals surface area contributed by atoms with Gasteiger partial charge < -0.3 is 9.84 Å². The normalized spacial score (nSPS) is 25.4. The molecule has 3 heterocycles. The Balaban J connectivity index is 1.07. The maximum atomic E-state index is 14.2. The summed E-state index contributed by atoms with van der Waals surface area (Å²) in [6, 6.07) is 28.3. The van der Waals surface area contributed by atoms with Gasteiger partial charge in [-0.15, -0.1) is 0 Å². The predicted octanol–water partition coefficient (Wildman–Crippen LogP) is 7.49. The number of hydrogen-bond acceptors (Lipinski definition) is 5. The molecular formula is C41H46N2O4. The van der Waals surface area contributed by atoms with Crippen LogP contribution in [-0.4, -0.2) is 58.6 Å². The molecule has 0 aromatic heterocycles. The first-order valence-electron chi connectivity index (χ1n) is 17.5. The Morgan fingerprint density at radius 3 is 2.32 bits per heavy atom. The van der Waals surface area contributed by atoms with Gasteiger partial charge in [0.15, 0.2) is 0 Å². The topological polar surface area (TPSA) is 70.1 Å². The summed E-state index contributed by atoms with van der Waals surface area (Å²) in [7, 11) is 0. The number of para-hydroxylation sites is 1. The number of likely N-dealkylation sites (tertiary alicyclic amines) is 2. The monoisotopic (exact) mass is 630 g/mol. The van der Waals surface area contributed by atoms with Gasteiger partial charge in [-0.2, -0.15) is 0 Å². The molecule has 4 atom stereocenters. The minimum Gasteiger partial charge on any atom is -0.507 e. The molecule has 244 valence electrons. The number of carbonyl (C=O) groups is 2. The van der Waals surface area contributed by atoms with E-state index in [1.54, 1.807) is 11.0 Å². The molecule has 0 spiro atoms. The fourth-order valence-electron chi connectivity index (χ4n) is 8.61. The SMILES string of the molecule is CCCC1=C2[C@@H](CC/C(=C/c3ccccc3O)c3ccccc3)OC[C@@H]2[C@@H]2C(=O)N(C3CCN(Cc4ccccc4)CC3)C(=O)[C@@H]2C1. The van der Waals surface area contributed by atoms with Crippen molar-refractivity contribution in [2.45, 2.75) is 70.6 Å². The van der Waals surface area contributed by atoms with E-state index >= 15 is 0 Å². The number of hydrogen-bond donors (Lipinski definition) is 1. The number of ether oxygens (including phenoxy) is 1. The number of phenols is 1. The third kappa shape index (κ3) is 6.46. The molecule has 3 aliphatic heterocycles. The van der Waals surface area contributed by atoms with Gasteiger partial charge in [0.25, 0.3) is 0 Å². The highest BCUT2D eigenvalue weighted by atomic mass is 16.5. The molecule has 7 rings (SSSR count). The van der Waals surface area contributed by atoms with Crippen LogP contribution < -0.4 is 0 Å². The van der Waals surface area contributed by atoms with Crippen molar-refractivity contribution in [2.75, 3.05) is 19.7 Å². The second-order valence-corrected chi connectivity index (χ2v) is 13.7. The summed E-state index contributed by atoms with van der Waals surface area (Å²) < 4.78 is 6.56. The standard InChI is InChI=1S/C41H46N2O4/c1-2-11-32-25-34-39(41(46)43(40(34)45)33-20-22-42(23-21-33)26-28-12-5-3-6-13-28)35-27-47-37(38(32)35)19-18-30(29-14-7-4-8-15-29)24-31-16-9-10-17-36(31)44/h3-10,12-17,24,33-35,37,39,44H,2,11,18-23,25-27H2,1H3/b30-24-/t34-,35+,37-,39-/m1/s1. The van der Waals surface area contributed by atoms with Crippen LogP contribution >= 0.6 is 0 Å². The van der Waals surface area contributed by atoms with Gasteiger partial charge in [0, 0.05) is 37.2 Å². The molecule has 1 aliphatic carbocycles. The lowest BCUT2D eigenvalue weighted by Gasteiger charge is -2.36. The van der Waals surface area contributed by atoms with Gasteiger partial charge in [-0.05, 0) is 72.9 Å².